The fourth-order valence-electron chi connectivity index (χ4n) is 5.75. The van der Waals surface area contributed by atoms with Crippen molar-refractivity contribution in [1.29, 1.82) is 0 Å². The maximum absolute atomic E-state index is 12.8. The summed E-state index contributed by atoms with van der Waals surface area (Å²) in [6.07, 6.45) is 12.9. The van der Waals surface area contributed by atoms with E-state index in [4.69, 9.17) is 9.15 Å². The lowest BCUT2D eigenvalue weighted by Crippen LogP contribution is -2.48. The summed E-state index contributed by atoms with van der Waals surface area (Å²) in [6.45, 7) is 9.88. The lowest BCUT2D eigenvalue weighted by atomic mass is 10.1. The molecule has 0 spiro atoms. The predicted molar refractivity (Wildman–Crippen MR) is 182 cm³/mol. The number of ether oxygens (including phenoxy) is 1. The first-order chi connectivity index (χ1) is 22.8. The largest absolute Gasteiger partial charge is 0.467 e. The molecular weight excluding hydrogens is 596 g/mol. The number of carbonyl (C=O) groups excluding carboxylic acids is 2. The Labute approximate surface area is 276 Å². The first kappa shape index (κ1) is 33.7. The van der Waals surface area contributed by atoms with Crippen molar-refractivity contribution in [2.45, 2.75) is 84.3 Å². The zero-order chi connectivity index (χ0) is 33.1. The normalized spacial score (nSPS) is 13.6. The van der Waals surface area contributed by atoms with Gasteiger partial charge >= 0.3 is 6.09 Å². The monoisotopic (exact) mass is 644 g/mol. The Kier molecular flexibility index (Phi) is 11.7. The fourth-order valence-corrected chi connectivity index (χ4v) is 5.75. The molecule has 1 fully saturated rings. The molecule has 1 aliphatic heterocycles. The van der Waals surface area contributed by atoms with Gasteiger partial charge in [-0.05, 0) is 63.4 Å². The van der Waals surface area contributed by atoms with Crippen LogP contribution in [-0.2, 0) is 16.1 Å². The highest BCUT2D eigenvalue weighted by Crippen LogP contribution is 2.27. The van der Waals surface area contributed by atoms with E-state index in [2.05, 4.69) is 55.0 Å². The number of piperazine rings is 1. The van der Waals surface area contributed by atoms with E-state index in [0.29, 0.717) is 25.5 Å². The highest BCUT2D eigenvalue weighted by molar-refractivity contribution is 5.79. The summed E-state index contributed by atoms with van der Waals surface area (Å²) in [5.74, 6) is 1.73. The van der Waals surface area contributed by atoms with Gasteiger partial charge in [0, 0.05) is 56.6 Å². The molecule has 3 aromatic heterocycles. The molecule has 0 aliphatic carbocycles. The van der Waals surface area contributed by atoms with Crippen LogP contribution in [0.2, 0.25) is 0 Å². The molecule has 0 unspecified atom stereocenters. The van der Waals surface area contributed by atoms with Crippen molar-refractivity contribution in [2.24, 2.45) is 0 Å². The first-order valence-corrected chi connectivity index (χ1v) is 16.8. The zero-order valence-corrected chi connectivity index (χ0v) is 27.9. The second-order valence-electron chi connectivity index (χ2n) is 13.0. The molecule has 0 atom stereocenters. The fraction of sp³-hybridized carbons (Fsp3) is 0.514. The van der Waals surface area contributed by atoms with E-state index in [-0.39, 0.29) is 12.0 Å². The number of benzene rings is 1. The van der Waals surface area contributed by atoms with Crippen LogP contribution < -0.4 is 15.5 Å². The third kappa shape index (κ3) is 9.94. The molecule has 2 amide bonds. The van der Waals surface area contributed by atoms with Gasteiger partial charge in [0.2, 0.25) is 11.9 Å². The van der Waals surface area contributed by atoms with Gasteiger partial charge in [-0.1, -0.05) is 44.2 Å². The van der Waals surface area contributed by atoms with Crippen molar-refractivity contribution < 1.29 is 18.7 Å². The number of furan rings is 1. The zero-order valence-electron chi connectivity index (χ0n) is 27.9. The number of hydrogen-bond acceptors (Lipinski definition) is 9. The van der Waals surface area contributed by atoms with Gasteiger partial charge in [-0.25, -0.2) is 9.78 Å². The smallest absolute Gasteiger partial charge is 0.407 e. The molecule has 4 aromatic rings. The quantitative estimate of drug-likeness (QED) is 0.143. The van der Waals surface area contributed by atoms with Crippen LogP contribution >= 0.6 is 0 Å². The number of unbranched alkanes of at least 4 members (excludes halogenated alkanes) is 6. The van der Waals surface area contributed by atoms with Crippen LogP contribution in [-0.4, -0.2) is 74.8 Å². The van der Waals surface area contributed by atoms with Crippen LogP contribution in [0.1, 0.15) is 77.9 Å². The van der Waals surface area contributed by atoms with E-state index >= 15 is 0 Å². The number of nitrogens with zero attached hydrogens (tertiary/aromatic N) is 6. The summed E-state index contributed by atoms with van der Waals surface area (Å²) >= 11 is 0. The average Bonchev–Trinajstić information content (AvgIpc) is 3.77. The summed E-state index contributed by atoms with van der Waals surface area (Å²) in [6, 6.07) is 12.2. The van der Waals surface area contributed by atoms with Crippen molar-refractivity contribution in [3.63, 3.8) is 0 Å². The Morgan fingerprint density at radius 1 is 0.936 bits per heavy atom. The summed E-state index contributed by atoms with van der Waals surface area (Å²) in [4.78, 5) is 33.5. The maximum atomic E-state index is 12.8. The molecule has 12 heteroatoms. The van der Waals surface area contributed by atoms with E-state index in [9.17, 15) is 9.59 Å². The minimum Gasteiger partial charge on any atom is -0.467 e. The number of fused-ring (bicyclic) bond motifs is 1. The van der Waals surface area contributed by atoms with E-state index in [1.54, 1.807) is 12.6 Å². The molecule has 1 saturated heterocycles. The lowest BCUT2D eigenvalue weighted by molar-refractivity contribution is -0.131. The minimum absolute atomic E-state index is 0.264. The van der Waals surface area contributed by atoms with Crippen LogP contribution in [0.15, 0.2) is 59.6 Å². The van der Waals surface area contributed by atoms with Gasteiger partial charge in [0.15, 0.2) is 5.65 Å². The number of rotatable bonds is 15. The second-order valence-corrected chi connectivity index (χ2v) is 13.0. The Morgan fingerprint density at radius 3 is 2.36 bits per heavy atom. The first-order valence-electron chi connectivity index (χ1n) is 16.8. The van der Waals surface area contributed by atoms with Gasteiger partial charge in [-0.3, -0.25) is 9.20 Å². The number of anilines is 2. The molecule has 1 aromatic carbocycles. The van der Waals surface area contributed by atoms with Crippen LogP contribution in [0.25, 0.3) is 16.8 Å². The van der Waals surface area contributed by atoms with Gasteiger partial charge in [0.1, 0.15) is 17.7 Å². The summed E-state index contributed by atoms with van der Waals surface area (Å²) in [5.41, 5.74) is 3.33. The SMILES string of the molecule is CC(C)(C)OC(=O)NCCCCCCCCCC(=O)N1CCN(c2ccc(-c3cnc(NCc4ccco4)n4cnnc34)cc2)CC1. The Hall–Kier alpha value is -4.61. The van der Waals surface area contributed by atoms with Crippen molar-refractivity contribution in [1.82, 2.24) is 29.8 Å². The predicted octanol–water partition coefficient (Wildman–Crippen LogP) is 6.29. The van der Waals surface area contributed by atoms with Crippen molar-refractivity contribution >= 4 is 29.3 Å². The highest BCUT2D eigenvalue weighted by atomic mass is 16.6. The van der Waals surface area contributed by atoms with Crippen LogP contribution in [0.4, 0.5) is 16.4 Å². The molecule has 0 bridgehead atoms. The topological polar surface area (TPSA) is 130 Å². The minimum atomic E-state index is -0.463. The summed E-state index contributed by atoms with van der Waals surface area (Å²) in [7, 11) is 0. The van der Waals surface area contributed by atoms with Crippen molar-refractivity contribution in [2.75, 3.05) is 42.9 Å². The number of hydrogen-bond donors (Lipinski definition) is 2. The van der Waals surface area contributed by atoms with Gasteiger partial charge in [0.05, 0.1) is 12.8 Å². The molecule has 5 rings (SSSR count). The maximum Gasteiger partial charge on any atom is 0.407 e. The Morgan fingerprint density at radius 2 is 1.66 bits per heavy atom. The second kappa shape index (κ2) is 16.3. The van der Waals surface area contributed by atoms with Gasteiger partial charge in [0.25, 0.3) is 0 Å². The molecule has 12 nitrogen and oxygen atoms in total. The van der Waals surface area contributed by atoms with E-state index in [1.807, 2.05) is 48.4 Å². The number of amides is 2. The van der Waals surface area contributed by atoms with E-state index < -0.39 is 5.60 Å². The molecule has 2 N–H and O–H groups in total. The molecule has 4 heterocycles. The Bertz CT molecular complexity index is 1550. The molecule has 1 aliphatic rings. The lowest BCUT2D eigenvalue weighted by Gasteiger charge is -2.36. The summed E-state index contributed by atoms with van der Waals surface area (Å²) < 4.78 is 12.5. The number of carbonyl (C=O) groups is 2. The number of aromatic nitrogens is 4. The van der Waals surface area contributed by atoms with Gasteiger partial charge in [-0.2, -0.15) is 0 Å². The van der Waals surface area contributed by atoms with E-state index in [1.165, 1.54) is 0 Å². The third-order valence-corrected chi connectivity index (χ3v) is 8.25. The summed E-state index contributed by atoms with van der Waals surface area (Å²) in [5, 5.41) is 14.6. The van der Waals surface area contributed by atoms with Gasteiger partial charge < -0.3 is 29.6 Å². The van der Waals surface area contributed by atoms with Crippen molar-refractivity contribution in [3.8, 4) is 11.1 Å². The van der Waals surface area contributed by atoms with Crippen LogP contribution in [0, 0.1) is 0 Å². The molecule has 0 saturated carbocycles. The number of nitrogens with one attached hydrogen (secondary N) is 2. The molecule has 252 valence electrons. The average molecular weight is 645 g/mol. The molecule has 0 radical (unpaired) electrons. The standard InChI is InChI=1S/C35H48N8O4/c1-35(2,3)47-34(45)36-18-10-8-6-4-5-7-9-13-31(44)42-21-19-41(20-22-42)28-16-14-27(15-17-28)30-25-38-33(43-26-39-40-32(30)43)37-24-29-12-11-23-46-29/h11-12,14-17,23,25-26H,4-10,13,18-22,24H2,1-3H3,(H,36,45)(H,37,38). The van der Waals surface area contributed by atoms with Crippen LogP contribution in [0.5, 0.6) is 0 Å². The van der Waals surface area contributed by atoms with Gasteiger partial charge in [-0.15, -0.1) is 10.2 Å². The van der Waals surface area contributed by atoms with E-state index in [0.717, 1.165) is 99.3 Å². The highest BCUT2D eigenvalue weighted by Gasteiger charge is 2.21. The Balaban J connectivity index is 0.976. The number of alkyl carbamates (subject to hydrolysis) is 1. The van der Waals surface area contributed by atoms with Crippen LogP contribution in [0.3, 0.4) is 0 Å². The molecule has 47 heavy (non-hydrogen) atoms. The third-order valence-electron chi connectivity index (χ3n) is 8.25. The van der Waals surface area contributed by atoms with Crippen molar-refractivity contribution in [3.05, 3.63) is 60.9 Å². The molecular formula is C35H48N8O4.